The van der Waals surface area contributed by atoms with Gasteiger partial charge in [-0.2, -0.15) is 0 Å². The molecule has 0 saturated heterocycles. The Labute approximate surface area is 135 Å². The van der Waals surface area contributed by atoms with Crippen LogP contribution in [0.2, 0.25) is 0 Å². The standard InChI is InChI=1S/C18H22O5/c1-11-7-9-18(15(20)22-2,16(21)23-3)14-10-13(19)12-6-4-5-8-17(11,12)14/h10,12H,1,4-9H2,2-3H3. The fourth-order valence-electron chi connectivity index (χ4n) is 4.92. The predicted octanol–water partition coefficient (Wildman–Crippen LogP) is 2.35. The molecule has 2 unspecified atom stereocenters. The minimum absolute atomic E-state index is 0.0000638. The van der Waals surface area contributed by atoms with Crippen LogP contribution in [0.3, 0.4) is 0 Å². The zero-order valence-corrected chi connectivity index (χ0v) is 13.6. The number of hydrogen-bond donors (Lipinski definition) is 0. The maximum Gasteiger partial charge on any atom is 0.327 e. The summed E-state index contributed by atoms with van der Waals surface area (Å²) in [6, 6.07) is 0. The van der Waals surface area contributed by atoms with Crippen molar-refractivity contribution in [3.05, 3.63) is 23.8 Å². The maximum atomic E-state index is 12.6. The highest BCUT2D eigenvalue weighted by atomic mass is 16.5. The Morgan fingerprint density at radius 1 is 1.17 bits per heavy atom. The number of carbonyl (C=O) groups is 3. The van der Waals surface area contributed by atoms with Gasteiger partial charge in [0.2, 0.25) is 0 Å². The van der Waals surface area contributed by atoms with Crippen LogP contribution in [0.15, 0.2) is 23.8 Å². The summed E-state index contributed by atoms with van der Waals surface area (Å²) in [6.07, 6.45) is 5.74. The molecule has 5 nitrogen and oxygen atoms in total. The van der Waals surface area contributed by atoms with Gasteiger partial charge in [-0.3, -0.25) is 14.4 Å². The molecule has 23 heavy (non-hydrogen) atoms. The lowest BCUT2D eigenvalue weighted by atomic mass is 9.51. The molecule has 0 aromatic carbocycles. The first-order valence-electron chi connectivity index (χ1n) is 8.06. The highest BCUT2D eigenvalue weighted by Crippen LogP contribution is 2.65. The molecule has 3 rings (SSSR count). The third kappa shape index (κ3) is 1.82. The number of esters is 2. The molecule has 2 saturated carbocycles. The second-order valence-electron chi connectivity index (χ2n) is 6.72. The van der Waals surface area contributed by atoms with E-state index in [0.29, 0.717) is 12.0 Å². The van der Waals surface area contributed by atoms with Crippen LogP contribution in [0.1, 0.15) is 38.5 Å². The Morgan fingerprint density at radius 3 is 2.43 bits per heavy atom. The van der Waals surface area contributed by atoms with Gasteiger partial charge >= 0.3 is 11.9 Å². The van der Waals surface area contributed by atoms with E-state index in [2.05, 4.69) is 6.58 Å². The topological polar surface area (TPSA) is 69.7 Å². The molecule has 0 heterocycles. The molecular weight excluding hydrogens is 296 g/mol. The van der Waals surface area contributed by atoms with Crippen molar-refractivity contribution in [1.29, 1.82) is 0 Å². The van der Waals surface area contributed by atoms with Crippen LogP contribution in [0.4, 0.5) is 0 Å². The van der Waals surface area contributed by atoms with Crippen molar-refractivity contribution in [2.24, 2.45) is 16.7 Å². The summed E-state index contributed by atoms with van der Waals surface area (Å²) in [5.41, 5.74) is -0.556. The lowest BCUT2D eigenvalue weighted by Crippen LogP contribution is -2.52. The molecular formula is C18H22O5. The minimum Gasteiger partial charge on any atom is -0.468 e. The van der Waals surface area contributed by atoms with Crippen LogP contribution in [0.5, 0.6) is 0 Å². The van der Waals surface area contributed by atoms with Crippen LogP contribution in [0, 0.1) is 16.7 Å². The van der Waals surface area contributed by atoms with Gasteiger partial charge in [-0.1, -0.05) is 25.0 Å². The first kappa shape index (κ1) is 16.0. The van der Waals surface area contributed by atoms with Crippen molar-refractivity contribution in [1.82, 2.24) is 0 Å². The van der Waals surface area contributed by atoms with Crippen molar-refractivity contribution in [2.75, 3.05) is 14.2 Å². The number of carbonyl (C=O) groups excluding carboxylic acids is 3. The summed E-state index contributed by atoms with van der Waals surface area (Å²) in [4.78, 5) is 37.8. The van der Waals surface area contributed by atoms with Crippen LogP contribution in [-0.4, -0.2) is 31.9 Å². The van der Waals surface area contributed by atoms with E-state index in [1.165, 1.54) is 20.3 Å². The Morgan fingerprint density at radius 2 is 1.83 bits per heavy atom. The van der Waals surface area contributed by atoms with E-state index in [0.717, 1.165) is 31.3 Å². The van der Waals surface area contributed by atoms with Gasteiger partial charge in [0.15, 0.2) is 11.2 Å². The second kappa shape index (κ2) is 5.32. The van der Waals surface area contributed by atoms with Crippen molar-refractivity contribution >= 4 is 17.7 Å². The summed E-state index contributed by atoms with van der Waals surface area (Å²) in [5.74, 6) is -1.48. The van der Waals surface area contributed by atoms with Crippen LogP contribution in [-0.2, 0) is 23.9 Å². The van der Waals surface area contributed by atoms with Gasteiger partial charge in [0, 0.05) is 11.3 Å². The van der Waals surface area contributed by atoms with E-state index in [-0.39, 0.29) is 18.1 Å². The average Bonchev–Trinajstić information content (AvgIpc) is 2.89. The molecule has 0 aliphatic heterocycles. The fourth-order valence-corrected chi connectivity index (χ4v) is 4.92. The van der Waals surface area contributed by atoms with E-state index in [9.17, 15) is 14.4 Å². The van der Waals surface area contributed by atoms with Crippen molar-refractivity contribution in [3.63, 3.8) is 0 Å². The van der Waals surface area contributed by atoms with Gasteiger partial charge < -0.3 is 9.47 Å². The van der Waals surface area contributed by atoms with Gasteiger partial charge in [-0.25, -0.2) is 0 Å². The lowest BCUT2D eigenvalue weighted by Gasteiger charge is -2.50. The van der Waals surface area contributed by atoms with Gasteiger partial charge in [0.05, 0.1) is 14.2 Å². The molecule has 3 aliphatic carbocycles. The van der Waals surface area contributed by atoms with Crippen molar-refractivity contribution in [3.8, 4) is 0 Å². The maximum absolute atomic E-state index is 12.6. The monoisotopic (exact) mass is 318 g/mol. The zero-order chi connectivity index (χ0) is 16.8. The number of allylic oxidation sites excluding steroid dienone is 2. The second-order valence-corrected chi connectivity index (χ2v) is 6.72. The third-order valence-corrected chi connectivity index (χ3v) is 5.98. The fraction of sp³-hybridized carbons (Fsp3) is 0.611. The minimum atomic E-state index is -1.51. The lowest BCUT2D eigenvalue weighted by molar-refractivity contribution is -0.168. The number of hydrogen-bond acceptors (Lipinski definition) is 5. The first-order valence-corrected chi connectivity index (χ1v) is 8.06. The van der Waals surface area contributed by atoms with Crippen molar-refractivity contribution in [2.45, 2.75) is 38.5 Å². The van der Waals surface area contributed by atoms with E-state index in [1.807, 2.05) is 0 Å². The largest absolute Gasteiger partial charge is 0.468 e. The molecule has 2 fully saturated rings. The van der Waals surface area contributed by atoms with Crippen LogP contribution < -0.4 is 0 Å². The molecule has 2 atom stereocenters. The predicted molar refractivity (Wildman–Crippen MR) is 82.3 cm³/mol. The number of rotatable bonds is 2. The molecule has 5 heteroatoms. The smallest absolute Gasteiger partial charge is 0.327 e. The molecule has 1 spiro atoms. The highest BCUT2D eigenvalue weighted by Gasteiger charge is 2.66. The molecule has 0 aromatic heterocycles. The van der Waals surface area contributed by atoms with Gasteiger partial charge in [0.25, 0.3) is 0 Å². The number of ether oxygens (including phenoxy) is 2. The summed E-state index contributed by atoms with van der Waals surface area (Å²) < 4.78 is 9.90. The summed E-state index contributed by atoms with van der Waals surface area (Å²) >= 11 is 0. The van der Waals surface area contributed by atoms with E-state index < -0.39 is 22.8 Å². The average molecular weight is 318 g/mol. The van der Waals surface area contributed by atoms with E-state index in [1.54, 1.807) is 0 Å². The van der Waals surface area contributed by atoms with Crippen LogP contribution >= 0.6 is 0 Å². The first-order chi connectivity index (χ1) is 10.9. The van der Waals surface area contributed by atoms with Gasteiger partial charge in [-0.05, 0) is 37.3 Å². The van der Waals surface area contributed by atoms with E-state index >= 15 is 0 Å². The number of methoxy groups -OCH3 is 2. The number of ketones is 1. The summed E-state index contributed by atoms with van der Waals surface area (Å²) in [6.45, 7) is 4.20. The summed E-state index contributed by atoms with van der Waals surface area (Å²) in [7, 11) is 2.53. The van der Waals surface area contributed by atoms with Gasteiger partial charge in [0.1, 0.15) is 0 Å². The highest BCUT2D eigenvalue weighted by molar-refractivity contribution is 6.09. The Kier molecular flexibility index (Phi) is 3.69. The quantitative estimate of drug-likeness (QED) is 0.444. The normalized spacial score (nSPS) is 31.7. The molecule has 3 aliphatic rings. The van der Waals surface area contributed by atoms with Crippen LogP contribution in [0.25, 0.3) is 0 Å². The Balaban J connectivity index is 2.23. The molecule has 0 amide bonds. The Hall–Kier alpha value is -1.91. The molecule has 0 aromatic rings. The SMILES string of the molecule is C=C1CCC(C(=O)OC)(C(=O)OC)C2=CC(=O)C3CCCCC123. The van der Waals surface area contributed by atoms with Gasteiger partial charge in [-0.15, -0.1) is 0 Å². The zero-order valence-electron chi connectivity index (χ0n) is 13.6. The Bertz CT molecular complexity index is 613. The molecule has 0 N–H and O–H groups in total. The van der Waals surface area contributed by atoms with Crippen molar-refractivity contribution < 1.29 is 23.9 Å². The third-order valence-electron chi connectivity index (χ3n) is 5.98. The van der Waals surface area contributed by atoms with E-state index in [4.69, 9.17) is 9.47 Å². The molecule has 124 valence electrons. The molecule has 0 radical (unpaired) electrons. The molecule has 0 bridgehead atoms. The summed E-state index contributed by atoms with van der Waals surface area (Å²) in [5, 5.41) is 0.